The molecule has 0 aliphatic heterocycles. The minimum atomic E-state index is -0.815. The molecule has 16 heavy (non-hydrogen) atoms. The van der Waals surface area contributed by atoms with Crippen molar-refractivity contribution in [3.63, 3.8) is 0 Å². The van der Waals surface area contributed by atoms with Gasteiger partial charge in [-0.2, -0.15) is 0 Å². The summed E-state index contributed by atoms with van der Waals surface area (Å²) in [6.45, 7) is 8.12. The quantitative estimate of drug-likeness (QED) is 0.832. The molecule has 1 unspecified atom stereocenters. The van der Waals surface area contributed by atoms with Crippen molar-refractivity contribution in [2.24, 2.45) is 0 Å². The summed E-state index contributed by atoms with van der Waals surface area (Å²) in [7, 11) is 0. The zero-order valence-corrected chi connectivity index (χ0v) is 10.9. The Balaban J connectivity index is 2.77. The molecule has 0 amide bonds. The summed E-state index contributed by atoms with van der Waals surface area (Å²) >= 11 is 1.30. The molecule has 0 saturated heterocycles. The number of thiophene rings is 1. The van der Waals surface area contributed by atoms with Crippen molar-refractivity contribution in [3.05, 3.63) is 21.9 Å². The van der Waals surface area contributed by atoms with Crippen LogP contribution in [0.5, 0.6) is 0 Å². The maximum Gasteiger partial charge on any atom is 0.346 e. The average molecular weight is 241 g/mol. The number of nitrogens with zero attached hydrogens (tertiary/aromatic N) is 1. The van der Waals surface area contributed by atoms with Crippen LogP contribution in [-0.4, -0.2) is 28.6 Å². The molecule has 0 aliphatic carbocycles. The lowest BCUT2D eigenvalue weighted by molar-refractivity contribution is 0.0699. The first-order chi connectivity index (χ1) is 7.60. The summed E-state index contributed by atoms with van der Waals surface area (Å²) in [6, 6.07) is 2.41. The standard InChI is InChI=1S/C12H19NO2S/c1-4-9(3)13(5-2)8-10-6-7-16-11(10)12(14)15/h6-7,9H,4-5,8H2,1-3H3,(H,14,15). The number of hydrogen-bond donors (Lipinski definition) is 1. The van der Waals surface area contributed by atoms with E-state index in [0.29, 0.717) is 10.9 Å². The van der Waals surface area contributed by atoms with E-state index in [1.807, 2.05) is 11.4 Å². The Morgan fingerprint density at radius 3 is 2.75 bits per heavy atom. The van der Waals surface area contributed by atoms with Crippen molar-refractivity contribution >= 4 is 17.3 Å². The minimum absolute atomic E-state index is 0.474. The molecule has 1 aromatic rings. The highest BCUT2D eigenvalue weighted by molar-refractivity contribution is 7.12. The highest BCUT2D eigenvalue weighted by Gasteiger charge is 2.16. The highest BCUT2D eigenvalue weighted by atomic mass is 32.1. The smallest absolute Gasteiger partial charge is 0.346 e. The van der Waals surface area contributed by atoms with Crippen molar-refractivity contribution in [1.29, 1.82) is 0 Å². The molecule has 1 aromatic heterocycles. The third-order valence-corrected chi connectivity index (χ3v) is 3.88. The fraction of sp³-hybridized carbons (Fsp3) is 0.583. The number of carboxylic acids is 1. The third-order valence-electron chi connectivity index (χ3n) is 2.93. The maximum atomic E-state index is 11.0. The first-order valence-corrected chi connectivity index (χ1v) is 6.51. The van der Waals surface area contributed by atoms with Crippen molar-refractivity contribution in [2.75, 3.05) is 6.54 Å². The van der Waals surface area contributed by atoms with Gasteiger partial charge < -0.3 is 5.11 Å². The summed E-state index contributed by atoms with van der Waals surface area (Å²) in [6.07, 6.45) is 1.08. The van der Waals surface area contributed by atoms with Crippen LogP contribution >= 0.6 is 11.3 Å². The van der Waals surface area contributed by atoms with Crippen LogP contribution < -0.4 is 0 Å². The van der Waals surface area contributed by atoms with Gasteiger partial charge in [-0.1, -0.05) is 13.8 Å². The fourth-order valence-corrected chi connectivity index (χ4v) is 2.46. The molecule has 0 radical (unpaired) electrons. The highest BCUT2D eigenvalue weighted by Crippen LogP contribution is 2.20. The van der Waals surface area contributed by atoms with E-state index < -0.39 is 5.97 Å². The zero-order valence-electron chi connectivity index (χ0n) is 10.1. The number of carboxylic acid groups (broad SMARTS) is 1. The minimum Gasteiger partial charge on any atom is -0.477 e. The average Bonchev–Trinajstić information content (AvgIpc) is 2.72. The molecule has 1 heterocycles. The maximum absolute atomic E-state index is 11.0. The van der Waals surface area contributed by atoms with E-state index in [0.717, 1.165) is 25.1 Å². The number of hydrogen-bond acceptors (Lipinski definition) is 3. The van der Waals surface area contributed by atoms with Crippen LogP contribution in [0.3, 0.4) is 0 Å². The van der Waals surface area contributed by atoms with Gasteiger partial charge in [-0.05, 0) is 36.9 Å². The monoisotopic (exact) mass is 241 g/mol. The van der Waals surface area contributed by atoms with Gasteiger partial charge in [0.2, 0.25) is 0 Å². The summed E-state index contributed by atoms with van der Waals surface area (Å²) in [5.41, 5.74) is 0.930. The molecule has 1 rings (SSSR count). The molecule has 0 spiro atoms. The second-order valence-corrected chi connectivity index (χ2v) is 4.82. The molecule has 3 nitrogen and oxygen atoms in total. The van der Waals surface area contributed by atoms with E-state index in [4.69, 9.17) is 5.11 Å². The topological polar surface area (TPSA) is 40.5 Å². The van der Waals surface area contributed by atoms with Gasteiger partial charge in [0.1, 0.15) is 4.88 Å². The molecule has 90 valence electrons. The van der Waals surface area contributed by atoms with Crippen molar-refractivity contribution in [3.8, 4) is 0 Å². The largest absolute Gasteiger partial charge is 0.477 e. The Morgan fingerprint density at radius 1 is 1.56 bits per heavy atom. The van der Waals surface area contributed by atoms with Crippen LogP contribution in [0, 0.1) is 0 Å². The Labute approximate surface area is 101 Å². The molecule has 1 N–H and O–H groups in total. The molecular weight excluding hydrogens is 222 g/mol. The van der Waals surface area contributed by atoms with Gasteiger partial charge in [0.05, 0.1) is 0 Å². The van der Waals surface area contributed by atoms with Crippen LogP contribution in [-0.2, 0) is 6.54 Å². The normalized spacial score (nSPS) is 13.0. The van der Waals surface area contributed by atoms with Crippen LogP contribution in [0.2, 0.25) is 0 Å². The predicted octanol–water partition coefficient (Wildman–Crippen LogP) is 3.07. The molecule has 1 atom stereocenters. The molecular formula is C12H19NO2S. The van der Waals surface area contributed by atoms with Crippen LogP contribution in [0.25, 0.3) is 0 Å². The van der Waals surface area contributed by atoms with Crippen molar-refractivity contribution < 1.29 is 9.90 Å². The Bertz CT molecular complexity index is 349. The summed E-state index contributed by atoms with van der Waals surface area (Å²) in [5.74, 6) is -0.815. The van der Waals surface area contributed by atoms with Gasteiger partial charge in [0.25, 0.3) is 0 Å². The molecule has 0 bridgehead atoms. The molecule has 0 aromatic carbocycles. The van der Waals surface area contributed by atoms with E-state index in [-0.39, 0.29) is 0 Å². The molecule has 0 saturated carbocycles. The lowest BCUT2D eigenvalue weighted by Gasteiger charge is -2.26. The van der Waals surface area contributed by atoms with Gasteiger partial charge >= 0.3 is 5.97 Å². The van der Waals surface area contributed by atoms with Crippen LogP contribution in [0.1, 0.15) is 42.4 Å². The lowest BCUT2D eigenvalue weighted by Crippen LogP contribution is -2.32. The van der Waals surface area contributed by atoms with Gasteiger partial charge in [0.15, 0.2) is 0 Å². The van der Waals surface area contributed by atoms with E-state index in [9.17, 15) is 4.79 Å². The van der Waals surface area contributed by atoms with Crippen molar-refractivity contribution in [1.82, 2.24) is 4.90 Å². The molecule has 0 fully saturated rings. The molecule has 0 aliphatic rings. The lowest BCUT2D eigenvalue weighted by atomic mass is 10.1. The van der Waals surface area contributed by atoms with Gasteiger partial charge in [-0.15, -0.1) is 11.3 Å². The third kappa shape index (κ3) is 3.06. The summed E-state index contributed by atoms with van der Waals surface area (Å²) < 4.78 is 0. The van der Waals surface area contributed by atoms with E-state index >= 15 is 0 Å². The molecule has 4 heteroatoms. The summed E-state index contributed by atoms with van der Waals surface area (Å²) in [4.78, 5) is 13.8. The second-order valence-electron chi connectivity index (χ2n) is 3.90. The van der Waals surface area contributed by atoms with E-state index in [1.165, 1.54) is 11.3 Å². The van der Waals surface area contributed by atoms with Crippen LogP contribution in [0.4, 0.5) is 0 Å². The Hall–Kier alpha value is -0.870. The van der Waals surface area contributed by atoms with Crippen molar-refractivity contribution in [2.45, 2.75) is 39.8 Å². The first-order valence-electron chi connectivity index (χ1n) is 5.63. The van der Waals surface area contributed by atoms with E-state index in [2.05, 4.69) is 25.7 Å². The number of carbonyl (C=O) groups is 1. The van der Waals surface area contributed by atoms with E-state index in [1.54, 1.807) is 0 Å². The summed E-state index contributed by atoms with van der Waals surface area (Å²) in [5, 5.41) is 10.9. The van der Waals surface area contributed by atoms with Gasteiger partial charge in [0, 0.05) is 12.6 Å². The SMILES string of the molecule is CCC(C)N(CC)Cc1ccsc1C(=O)O. The predicted molar refractivity (Wildman–Crippen MR) is 67.1 cm³/mol. The fourth-order valence-electron chi connectivity index (χ4n) is 1.70. The van der Waals surface area contributed by atoms with Gasteiger partial charge in [-0.25, -0.2) is 4.79 Å². The number of rotatable bonds is 6. The second kappa shape index (κ2) is 6.01. The van der Waals surface area contributed by atoms with Gasteiger partial charge in [-0.3, -0.25) is 4.90 Å². The number of aromatic carboxylic acids is 1. The first kappa shape index (κ1) is 13.2. The Morgan fingerprint density at radius 2 is 2.25 bits per heavy atom. The Kier molecular flexibility index (Phi) is 4.96. The zero-order chi connectivity index (χ0) is 12.1. The van der Waals surface area contributed by atoms with Crippen LogP contribution in [0.15, 0.2) is 11.4 Å².